The van der Waals surface area contributed by atoms with Gasteiger partial charge >= 0.3 is 0 Å². The average molecular weight is 266 g/mol. The van der Waals surface area contributed by atoms with Crippen LogP contribution in [0, 0.1) is 0 Å². The van der Waals surface area contributed by atoms with E-state index < -0.39 is 0 Å². The number of fused-ring (bicyclic) bond motifs is 1. The van der Waals surface area contributed by atoms with Crippen LogP contribution in [0.3, 0.4) is 0 Å². The summed E-state index contributed by atoms with van der Waals surface area (Å²) in [7, 11) is 1.68. The molecule has 20 heavy (non-hydrogen) atoms. The van der Waals surface area contributed by atoms with E-state index in [1.807, 2.05) is 12.1 Å². The molecule has 3 N–H and O–H groups in total. The van der Waals surface area contributed by atoms with Crippen LogP contribution < -0.4 is 10.5 Å². The van der Waals surface area contributed by atoms with Crippen LogP contribution in [0.15, 0.2) is 48.7 Å². The Morgan fingerprint density at radius 2 is 1.90 bits per heavy atom. The molecule has 0 saturated carbocycles. The van der Waals surface area contributed by atoms with Gasteiger partial charge in [-0.15, -0.1) is 0 Å². The van der Waals surface area contributed by atoms with Crippen LogP contribution in [0.2, 0.25) is 0 Å². The van der Waals surface area contributed by atoms with Crippen LogP contribution in [0.1, 0.15) is 5.56 Å². The van der Waals surface area contributed by atoms with Crippen LogP contribution in [0.25, 0.3) is 22.0 Å². The molecule has 102 valence electrons. The van der Waals surface area contributed by atoms with E-state index in [0.717, 1.165) is 12.2 Å². The van der Waals surface area contributed by atoms with E-state index in [1.54, 1.807) is 7.11 Å². The molecule has 0 saturated heterocycles. The lowest BCUT2D eigenvalue weighted by Crippen LogP contribution is -2.01. The number of para-hydroxylation sites is 1. The minimum absolute atomic E-state index is 0.666. The van der Waals surface area contributed by atoms with Gasteiger partial charge in [-0.1, -0.05) is 30.3 Å². The van der Waals surface area contributed by atoms with E-state index >= 15 is 0 Å². The molecule has 0 radical (unpaired) electrons. The SMILES string of the molecule is COc1ccc(-c2cccc3c(CCN)c[nH]c23)cc1. The summed E-state index contributed by atoms with van der Waals surface area (Å²) in [6, 6.07) is 14.5. The molecule has 0 fully saturated rings. The molecule has 2 aromatic carbocycles. The minimum Gasteiger partial charge on any atom is -0.497 e. The van der Waals surface area contributed by atoms with Crippen molar-refractivity contribution in [3.8, 4) is 16.9 Å². The molecule has 0 amide bonds. The second-order valence-corrected chi connectivity index (χ2v) is 4.81. The summed E-state index contributed by atoms with van der Waals surface area (Å²) < 4.78 is 5.21. The Balaban J connectivity index is 2.10. The van der Waals surface area contributed by atoms with Gasteiger partial charge in [-0.25, -0.2) is 0 Å². The number of H-pyrrole nitrogens is 1. The summed E-state index contributed by atoms with van der Waals surface area (Å²) in [5.41, 5.74) is 10.5. The van der Waals surface area contributed by atoms with Crippen molar-refractivity contribution in [3.05, 3.63) is 54.2 Å². The number of hydrogen-bond acceptors (Lipinski definition) is 2. The van der Waals surface area contributed by atoms with Crippen molar-refractivity contribution in [1.82, 2.24) is 4.98 Å². The summed E-state index contributed by atoms with van der Waals surface area (Å²) in [4.78, 5) is 3.38. The summed E-state index contributed by atoms with van der Waals surface area (Å²) >= 11 is 0. The minimum atomic E-state index is 0.666. The molecule has 0 spiro atoms. The van der Waals surface area contributed by atoms with E-state index in [2.05, 4.69) is 41.5 Å². The third-order valence-corrected chi connectivity index (χ3v) is 3.62. The fourth-order valence-electron chi connectivity index (χ4n) is 2.59. The highest BCUT2D eigenvalue weighted by Crippen LogP contribution is 2.30. The zero-order valence-corrected chi connectivity index (χ0v) is 11.5. The molecular formula is C17H18N2O. The zero-order valence-electron chi connectivity index (χ0n) is 11.5. The number of ether oxygens (including phenoxy) is 1. The molecule has 0 bridgehead atoms. The van der Waals surface area contributed by atoms with Gasteiger partial charge in [0.05, 0.1) is 12.6 Å². The summed E-state index contributed by atoms with van der Waals surface area (Å²) in [5, 5.41) is 1.25. The lowest BCUT2D eigenvalue weighted by molar-refractivity contribution is 0.415. The number of nitrogens with one attached hydrogen (secondary N) is 1. The smallest absolute Gasteiger partial charge is 0.118 e. The fourth-order valence-corrected chi connectivity index (χ4v) is 2.59. The predicted molar refractivity (Wildman–Crippen MR) is 83.0 cm³/mol. The standard InChI is InChI=1S/C17H18N2O/c1-20-14-7-5-12(6-8-14)15-3-2-4-16-13(9-10-18)11-19-17(15)16/h2-8,11,19H,9-10,18H2,1H3. The van der Waals surface area contributed by atoms with Crippen LogP contribution >= 0.6 is 0 Å². The van der Waals surface area contributed by atoms with Crippen molar-refractivity contribution >= 4 is 10.9 Å². The zero-order chi connectivity index (χ0) is 13.9. The average Bonchev–Trinajstić information content (AvgIpc) is 2.91. The number of methoxy groups -OCH3 is 1. The lowest BCUT2D eigenvalue weighted by atomic mass is 10.0. The Morgan fingerprint density at radius 3 is 2.60 bits per heavy atom. The normalized spacial score (nSPS) is 10.9. The highest BCUT2D eigenvalue weighted by Gasteiger charge is 2.08. The molecule has 1 heterocycles. The highest BCUT2D eigenvalue weighted by atomic mass is 16.5. The molecular weight excluding hydrogens is 248 g/mol. The maximum atomic E-state index is 5.66. The Hall–Kier alpha value is -2.26. The Kier molecular flexibility index (Phi) is 3.44. The number of hydrogen-bond donors (Lipinski definition) is 2. The third-order valence-electron chi connectivity index (χ3n) is 3.62. The van der Waals surface area contributed by atoms with Crippen molar-refractivity contribution in [1.29, 1.82) is 0 Å². The van der Waals surface area contributed by atoms with Crippen molar-refractivity contribution < 1.29 is 4.74 Å². The molecule has 0 aliphatic rings. The molecule has 3 aromatic rings. The monoisotopic (exact) mass is 266 g/mol. The van der Waals surface area contributed by atoms with Crippen molar-refractivity contribution in [2.75, 3.05) is 13.7 Å². The van der Waals surface area contributed by atoms with E-state index in [1.165, 1.54) is 27.6 Å². The maximum absolute atomic E-state index is 5.66. The predicted octanol–water partition coefficient (Wildman–Crippen LogP) is 3.34. The second kappa shape index (κ2) is 5.39. The quantitative estimate of drug-likeness (QED) is 0.761. The van der Waals surface area contributed by atoms with E-state index in [9.17, 15) is 0 Å². The van der Waals surface area contributed by atoms with Gasteiger partial charge in [0.1, 0.15) is 5.75 Å². The molecule has 0 unspecified atom stereocenters. The van der Waals surface area contributed by atoms with Crippen LogP contribution in [0.5, 0.6) is 5.75 Å². The number of nitrogens with two attached hydrogens (primary N) is 1. The number of benzene rings is 2. The van der Waals surface area contributed by atoms with Gasteiger partial charge in [-0.2, -0.15) is 0 Å². The largest absolute Gasteiger partial charge is 0.497 e. The molecule has 3 rings (SSSR count). The van der Waals surface area contributed by atoms with E-state index in [-0.39, 0.29) is 0 Å². The molecule has 3 nitrogen and oxygen atoms in total. The van der Waals surface area contributed by atoms with E-state index in [0.29, 0.717) is 6.54 Å². The summed E-state index contributed by atoms with van der Waals surface area (Å²) in [5.74, 6) is 0.872. The van der Waals surface area contributed by atoms with Gasteiger partial charge in [0.15, 0.2) is 0 Å². The van der Waals surface area contributed by atoms with Gasteiger partial charge in [-0.3, -0.25) is 0 Å². The lowest BCUT2D eigenvalue weighted by Gasteiger charge is -2.06. The first-order valence-electron chi connectivity index (χ1n) is 6.77. The van der Waals surface area contributed by atoms with Gasteiger partial charge in [-0.05, 0) is 36.2 Å². The number of rotatable bonds is 4. The topological polar surface area (TPSA) is 51.0 Å². The van der Waals surface area contributed by atoms with Crippen LogP contribution in [0.4, 0.5) is 0 Å². The third kappa shape index (κ3) is 2.17. The summed E-state index contributed by atoms with van der Waals surface area (Å²) in [6.45, 7) is 0.666. The van der Waals surface area contributed by atoms with Crippen LogP contribution in [-0.4, -0.2) is 18.6 Å². The van der Waals surface area contributed by atoms with Gasteiger partial charge < -0.3 is 15.5 Å². The Labute approximate surface area is 118 Å². The molecule has 0 aliphatic carbocycles. The second-order valence-electron chi connectivity index (χ2n) is 4.81. The highest BCUT2D eigenvalue weighted by molar-refractivity contribution is 5.96. The van der Waals surface area contributed by atoms with Crippen molar-refractivity contribution in [2.45, 2.75) is 6.42 Å². The van der Waals surface area contributed by atoms with Crippen LogP contribution in [-0.2, 0) is 6.42 Å². The van der Waals surface area contributed by atoms with Gasteiger partial charge in [0.25, 0.3) is 0 Å². The molecule has 1 aromatic heterocycles. The molecule has 0 aliphatic heterocycles. The first-order chi connectivity index (χ1) is 9.83. The number of aromatic amines is 1. The molecule has 3 heteroatoms. The maximum Gasteiger partial charge on any atom is 0.118 e. The number of aromatic nitrogens is 1. The van der Waals surface area contributed by atoms with Crippen molar-refractivity contribution in [3.63, 3.8) is 0 Å². The fraction of sp³-hybridized carbons (Fsp3) is 0.176. The first-order valence-corrected chi connectivity index (χ1v) is 6.77. The van der Waals surface area contributed by atoms with Crippen molar-refractivity contribution in [2.24, 2.45) is 5.73 Å². The van der Waals surface area contributed by atoms with E-state index in [4.69, 9.17) is 10.5 Å². The molecule has 0 atom stereocenters. The summed E-state index contributed by atoms with van der Waals surface area (Å²) in [6.07, 6.45) is 2.95. The van der Waals surface area contributed by atoms with Gasteiger partial charge in [0.2, 0.25) is 0 Å². The Morgan fingerprint density at radius 1 is 1.10 bits per heavy atom. The first kappa shape index (κ1) is 12.8. The Bertz CT molecular complexity index is 713. The van der Waals surface area contributed by atoms with Gasteiger partial charge in [0, 0.05) is 17.1 Å².